The van der Waals surface area contributed by atoms with E-state index in [1.165, 1.54) is 12.1 Å². The van der Waals surface area contributed by atoms with Crippen molar-refractivity contribution in [2.75, 3.05) is 23.5 Å². The highest BCUT2D eigenvalue weighted by Gasteiger charge is 2.46. The van der Waals surface area contributed by atoms with E-state index in [2.05, 4.69) is 21.9 Å². The van der Waals surface area contributed by atoms with E-state index in [0.29, 0.717) is 0 Å². The third kappa shape index (κ3) is 4.85. The highest BCUT2D eigenvalue weighted by molar-refractivity contribution is 7.91. The summed E-state index contributed by atoms with van der Waals surface area (Å²) in [5.74, 6) is -1.79. The van der Waals surface area contributed by atoms with Gasteiger partial charge in [0.25, 0.3) is 0 Å². The van der Waals surface area contributed by atoms with Crippen molar-refractivity contribution >= 4 is 32.8 Å². The highest BCUT2D eigenvalue weighted by Crippen LogP contribution is 2.41. The van der Waals surface area contributed by atoms with E-state index >= 15 is 0 Å². The fourth-order valence-electron chi connectivity index (χ4n) is 5.63. The number of sulfone groups is 1. The number of aryl methyl sites for hydroxylation is 2. The lowest BCUT2D eigenvalue weighted by Gasteiger charge is -2.37. The molecule has 1 fully saturated rings. The Bertz CT molecular complexity index is 1460. The number of aromatic nitrogens is 3. The van der Waals surface area contributed by atoms with Crippen molar-refractivity contribution < 1.29 is 26.4 Å². The number of halogens is 3. The summed E-state index contributed by atoms with van der Waals surface area (Å²) in [4.78, 5) is 20.3. The molecule has 2 aliphatic heterocycles. The average Bonchev–Trinajstić information content (AvgIpc) is 3.24. The van der Waals surface area contributed by atoms with Gasteiger partial charge in [-0.1, -0.05) is 12.1 Å². The minimum Gasteiger partial charge on any atom is -0.336 e. The molecule has 0 unspecified atom stereocenters. The van der Waals surface area contributed by atoms with E-state index in [9.17, 15) is 26.4 Å². The molecule has 0 aliphatic carbocycles. The average molecular weight is 550 g/mol. The molecule has 3 aromatic rings. The van der Waals surface area contributed by atoms with Gasteiger partial charge < -0.3 is 9.80 Å². The number of benzene rings is 1. The molecule has 0 spiro atoms. The molecule has 0 saturated carbocycles. The number of nitrogens with zero attached hydrogens (tertiary/aromatic N) is 5. The smallest absolute Gasteiger partial charge is 0.336 e. The quantitative estimate of drug-likeness (QED) is 0.480. The maximum atomic E-state index is 14.3. The number of carbonyl (C=O) groups is 1. The summed E-state index contributed by atoms with van der Waals surface area (Å²) in [6.07, 6.45) is -1.20. The van der Waals surface area contributed by atoms with Gasteiger partial charge in [-0.15, -0.1) is 0 Å². The van der Waals surface area contributed by atoms with Crippen molar-refractivity contribution in [2.45, 2.75) is 57.8 Å². The van der Waals surface area contributed by atoms with Crippen LogP contribution in [0.25, 0.3) is 5.65 Å². The summed E-state index contributed by atoms with van der Waals surface area (Å²) in [7, 11) is -2.09. The Kier molecular flexibility index (Phi) is 6.65. The van der Waals surface area contributed by atoms with Gasteiger partial charge in [-0.25, -0.2) is 17.9 Å². The van der Waals surface area contributed by atoms with Gasteiger partial charge in [0.05, 0.1) is 34.8 Å². The van der Waals surface area contributed by atoms with E-state index in [-0.39, 0.29) is 36.0 Å². The number of fused-ring (bicyclic) bond motifs is 3. The summed E-state index contributed by atoms with van der Waals surface area (Å²) in [6, 6.07) is 5.96. The van der Waals surface area contributed by atoms with Crippen LogP contribution in [0.4, 0.5) is 24.5 Å². The van der Waals surface area contributed by atoms with Gasteiger partial charge in [0.15, 0.2) is 11.7 Å². The Labute approximate surface area is 219 Å². The molecular weight excluding hydrogens is 519 g/mol. The zero-order valence-corrected chi connectivity index (χ0v) is 22.3. The molecule has 12 heteroatoms. The molecule has 2 aliphatic rings. The molecule has 4 heterocycles. The van der Waals surface area contributed by atoms with Crippen molar-refractivity contribution in [1.29, 1.82) is 0 Å². The zero-order valence-electron chi connectivity index (χ0n) is 21.4. The molecule has 8 nitrogen and oxygen atoms in total. The van der Waals surface area contributed by atoms with Crippen molar-refractivity contribution in [3.63, 3.8) is 0 Å². The monoisotopic (exact) mass is 549 g/mol. The number of amides is 1. The molecule has 38 heavy (non-hydrogen) atoms. The number of hydrogen-bond acceptors (Lipinski definition) is 6. The van der Waals surface area contributed by atoms with E-state index in [4.69, 9.17) is 0 Å². The number of rotatable bonds is 4. The second-order valence-corrected chi connectivity index (χ2v) is 12.6. The van der Waals surface area contributed by atoms with Crippen molar-refractivity contribution in [1.82, 2.24) is 19.5 Å². The zero-order chi connectivity index (χ0) is 27.4. The lowest BCUT2D eigenvalue weighted by Crippen LogP contribution is -2.44. The van der Waals surface area contributed by atoms with Crippen molar-refractivity contribution in [3.8, 4) is 0 Å². The lowest BCUT2D eigenvalue weighted by atomic mass is 9.97. The predicted octanol–water partition coefficient (Wildman–Crippen LogP) is 4.40. The van der Waals surface area contributed by atoms with Crippen LogP contribution in [0.3, 0.4) is 0 Å². The molecular formula is C26H30F3N5O3S. The number of hydrogen-bond donors (Lipinski definition) is 0. The van der Waals surface area contributed by atoms with Crippen LogP contribution >= 0.6 is 0 Å². The first-order chi connectivity index (χ1) is 17.9. The maximum absolute atomic E-state index is 14.3. The largest absolute Gasteiger partial charge is 0.413 e. The van der Waals surface area contributed by atoms with Crippen LogP contribution in [0.2, 0.25) is 0 Å². The Morgan fingerprint density at radius 2 is 1.79 bits per heavy atom. The molecule has 0 bridgehead atoms. The molecule has 1 amide bonds. The highest BCUT2D eigenvalue weighted by atomic mass is 32.2. The summed E-state index contributed by atoms with van der Waals surface area (Å²) >= 11 is 0. The minimum absolute atomic E-state index is 0.0400. The third-order valence-electron chi connectivity index (χ3n) is 7.62. The first-order valence-electron chi connectivity index (χ1n) is 12.6. The van der Waals surface area contributed by atoms with Crippen LogP contribution in [0, 0.1) is 12.8 Å². The Balaban J connectivity index is 1.44. The molecule has 204 valence electrons. The fourth-order valence-corrected chi connectivity index (χ4v) is 7.12. The number of carbonyl (C=O) groups excluding carboxylic acids is 1. The topological polar surface area (TPSA) is 87.9 Å². The van der Waals surface area contributed by atoms with E-state index < -0.39 is 33.9 Å². The summed E-state index contributed by atoms with van der Waals surface area (Å²) in [5.41, 5.74) is 4.13. The lowest BCUT2D eigenvalue weighted by molar-refractivity contribution is -0.190. The SMILES string of the molecule is Cc1cc2ncc3c(n2n1)CC[C@@H](C)N3c1ccc([C@H](N(C)C(=O)C2CCS(=O)(=O)CC2)C(F)(F)F)cc1. The normalized spacial score (nSPS) is 20.8. The van der Waals surface area contributed by atoms with Crippen LogP contribution < -0.4 is 4.90 Å². The summed E-state index contributed by atoms with van der Waals surface area (Å²) in [6.45, 7) is 3.96. The maximum Gasteiger partial charge on any atom is 0.413 e. The van der Waals surface area contributed by atoms with E-state index in [1.807, 2.05) is 17.5 Å². The fraction of sp³-hybridized carbons (Fsp3) is 0.500. The van der Waals surface area contributed by atoms with Crippen molar-refractivity contribution in [3.05, 3.63) is 53.5 Å². The van der Waals surface area contributed by atoms with E-state index in [0.717, 1.165) is 53.2 Å². The molecule has 1 aromatic carbocycles. The van der Waals surface area contributed by atoms with Crippen LogP contribution in [0.1, 0.15) is 49.2 Å². The van der Waals surface area contributed by atoms with Gasteiger partial charge in [0.2, 0.25) is 5.91 Å². The van der Waals surface area contributed by atoms with Crippen molar-refractivity contribution in [2.24, 2.45) is 5.92 Å². The van der Waals surface area contributed by atoms with Gasteiger partial charge in [0.1, 0.15) is 9.84 Å². The van der Waals surface area contributed by atoms with Crippen LogP contribution in [-0.2, 0) is 21.1 Å². The molecule has 5 rings (SSSR count). The van der Waals surface area contributed by atoms with Gasteiger partial charge in [-0.2, -0.15) is 18.3 Å². The van der Waals surface area contributed by atoms with Gasteiger partial charge in [0, 0.05) is 30.8 Å². The first kappa shape index (κ1) is 26.5. The second-order valence-electron chi connectivity index (χ2n) is 10.3. The number of anilines is 2. The van der Waals surface area contributed by atoms with Gasteiger partial charge in [-0.3, -0.25) is 4.79 Å². The van der Waals surface area contributed by atoms with Crippen LogP contribution in [0.5, 0.6) is 0 Å². The van der Waals surface area contributed by atoms with Gasteiger partial charge in [-0.05, 0) is 57.2 Å². The molecule has 2 atom stereocenters. The predicted molar refractivity (Wildman–Crippen MR) is 137 cm³/mol. The molecule has 1 saturated heterocycles. The Morgan fingerprint density at radius 3 is 2.42 bits per heavy atom. The van der Waals surface area contributed by atoms with E-state index in [1.54, 1.807) is 18.3 Å². The minimum atomic E-state index is -4.70. The van der Waals surface area contributed by atoms with Gasteiger partial charge >= 0.3 is 6.18 Å². The summed E-state index contributed by atoms with van der Waals surface area (Å²) in [5, 5.41) is 4.56. The van der Waals surface area contributed by atoms with Crippen LogP contribution in [-0.4, -0.2) is 64.6 Å². The molecule has 2 aromatic heterocycles. The number of alkyl halides is 3. The first-order valence-corrected chi connectivity index (χ1v) is 14.4. The van der Waals surface area contributed by atoms with Crippen LogP contribution in [0.15, 0.2) is 36.5 Å². The molecule has 0 N–H and O–H groups in total. The Morgan fingerprint density at radius 1 is 1.13 bits per heavy atom. The second kappa shape index (κ2) is 9.55. The Hall–Kier alpha value is -3.15. The summed E-state index contributed by atoms with van der Waals surface area (Å²) < 4.78 is 68.0. The standard InChI is InChI=1S/C26H30F3N5O3S/c1-16-14-23-30-15-22-21(34(23)31-16)9-4-17(2)33(22)20-7-5-18(6-8-20)24(26(27,28)29)32(3)25(35)19-10-12-38(36,37)13-11-19/h5-8,14-15,17,19,24H,4,9-13H2,1-3H3/t17-,24+/m1/s1. The third-order valence-corrected chi connectivity index (χ3v) is 9.33. The molecule has 0 radical (unpaired) electrons.